The SMILES string of the molecule is CCOC(=O)N(c1ccc(Cl)cc1Cl)c1c(-c2ccc(-c3ccc(CC(=O)O)cc3)cc2)noc1C. The maximum absolute atomic E-state index is 13.1. The number of hydrogen-bond acceptors (Lipinski definition) is 5. The van der Waals surface area contributed by atoms with Crippen molar-refractivity contribution in [3.63, 3.8) is 0 Å². The van der Waals surface area contributed by atoms with Crippen molar-refractivity contribution in [1.82, 2.24) is 5.16 Å². The fourth-order valence-corrected chi connectivity index (χ4v) is 4.28. The van der Waals surface area contributed by atoms with Crippen LogP contribution in [0.25, 0.3) is 22.4 Å². The number of anilines is 2. The number of carboxylic acids is 1. The first-order valence-electron chi connectivity index (χ1n) is 11.1. The molecule has 3 aromatic carbocycles. The van der Waals surface area contributed by atoms with Gasteiger partial charge in [-0.2, -0.15) is 0 Å². The average Bonchev–Trinajstić information content (AvgIpc) is 3.22. The van der Waals surface area contributed by atoms with Crippen LogP contribution in [0.15, 0.2) is 71.3 Å². The highest BCUT2D eigenvalue weighted by molar-refractivity contribution is 6.37. The molecule has 0 radical (unpaired) electrons. The predicted octanol–water partition coefficient (Wildman–Crippen LogP) is 7.55. The molecule has 184 valence electrons. The number of hydrogen-bond donors (Lipinski definition) is 1. The van der Waals surface area contributed by atoms with Crippen LogP contribution in [0.1, 0.15) is 18.2 Å². The van der Waals surface area contributed by atoms with Gasteiger partial charge < -0.3 is 14.4 Å². The van der Waals surface area contributed by atoms with Gasteiger partial charge >= 0.3 is 12.1 Å². The topological polar surface area (TPSA) is 92.9 Å². The molecule has 4 rings (SSSR count). The third kappa shape index (κ3) is 5.37. The van der Waals surface area contributed by atoms with Gasteiger partial charge in [0, 0.05) is 10.6 Å². The molecule has 0 aliphatic heterocycles. The van der Waals surface area contributed by atoms with E-state index in [-0.39, 0.29) is 18.1 Å². The van der Waals surface area contributed by atoms with Gasteiger partial charge in [-0.25, -0.2) is 9.69 Å². The molecular formula is C27H22Cl2N2O5. The zero-order chi connectivity index (χ0) is 25.8. The van der Waals surface area contributed by atoms with Crippen LogP contribution in [0.3, 0.4) is 0 Å². The number of rotatable bonds is 7. The molecule has 1 N–H and O–H groups in total. The first kappa shape index (κ1) is 25.3. The van der Waals surface area contributed by atoms with E-state index in [4.69, 9.17) is 37.6 Å². The highest BCUT2D eigenvalue weighted by Crippen LogP contribution is 2.41. The number of amides is 1. The second-order valence-corrected chi connectivity index (χ2v) is 8.75. The van der Waals surface area contributed by atoms with Crippen LogP contribution in [0.5, 0.6) is 0 Å². The molecule has 0 atom stereocenters. The Morgan fingerprint density at radius 3 is 2.17 bits per heavy atom. The number of carboxylic acid groups (broad SMARTS) is 1. The number of benzene rings is 3. The maximum Gasteiger partial charge on any atom is 0.419 e. The van der Waals surface area contributed by atoms with Gasteiger partial charge in [-0.3, -0.25) is 4.79 Å². The summed E-state index contributed by atoms with van der Waals surface area (Å²) in [6.07, 6.45) is -0.658. The second kappa shape index (κ2) is 10.8. The lowest BCUT2D eigenvalue weighted by Crippen LogP contribution is -2.27. The Balaban J connectivity index is 1.72. The van der Waals surface area contributed by atoms with Crippen molar-refractivity contribution in [3.05, 3.63) is 88.1 Å². The minimum Gasteiger partial charge on any atom is -0.481 e. The lowest BCUT2D eigenvalue weighted by molar-refractivity contribution is -0.136. The summed E-state index contributed by atoms with van der Waals surface area (Å²) in [6.45, 7) is 3.59. The predicted molar refractivity (Wildman–Crippen MR) is 139 cm³/mol. The second-order valence-electron chi connectivity index (χ2n) is 7.91. The van der Waals surface area contributed by atoms with E-state index in [0.717, 1.165) is 16.7 Å². The highest BCUT2D eigenvalue weighted by atomic mass is 35.5. The van der Waals surface area contributed by atoms with Crippen molar-refractivity contribution in [2.24, 2.45) is 0 Å². The van der Waals surface area contributed by atoms with Crippen LogP contribution in [0.2, 0.25) is 10.0 Å². The molecule has 0 unspecified atom stereocenters. The number of aryl methyl sites for hydroxylation is 1. The monoisotopic (exact) mass is 524 g/mol. The first-order chi connectivity index (χ1) is 17.3. The fourth-order valence-electron chi connectivity index (χ4n) is 3.79. The molecule has 1 heterocycles. The van der Waals surface area contributed by atoms with Crippen LogP contribution in [-0.4, -0.2) is 28.9 Å². The molecular weight excluding hydrogens is 503 g/mol. The van der Waals surface area contributed by atoms with E-state index in [9.17, 15) is 9.59 Å². The third-order valence-corrected chi connectivity index (χ3v) is 6.00. The fraction of sp³-hybridized carbons (Fsp3) is 0.148. The number of nitrogens with zero attached hydrogens (tertiary/aromatic N) is 2. The Bertz CT molecular complexity index is 1400. The van der Waals surface area contributed by atoms with Crippen LogP contribution in [-0.2, 0) is 16.0 Å². The largest absolute Gasteiger partial charge is 0.481 e. The van der Waals surface area contributed by atoms with Gasteiger partial charge in [0.25, 0.3) is 0 Å². The summed E-state index contributed by atoms with van der Waals surface area (Å²) < 4.78 is 10.8. The highest BCUT2D eigenvalue weighted by Gasteiger charge is 2.30. The Kier molecular flexibility index (Phi) is 7.62. The summed E-state index contributed by atoms with van der Waals surface area (Å²) in [5.74, 6) is -0.468. The molecule has 0 aliphatic carbocycles. The molecule has 0 saturated heterocycles. The minimum absolute atomic E-state index is 0.0257. The molecule has 7 nitrogen and oxygen atoms in total. The molecule has 1 amide bonds. The van der Waals surface area contributed by atoms with E-state index in [0.29, 0.717) is 33.4 Å². The van der Waals surface area contributed by atoms with Crippen molar-refractivity contribution in [2.45, 2.75) is 20.3 Å². The summed E-state index contributed by atoms with van der Waals surface area (Å²) in [7, 11) is 0. The number of carbonyl (C=O) groups excluding carboxylic acids is 1. The molecule has 0 fully saturated rings. The van der Waals surface area contributed by atoms with Gasteiger partial charge in [0.1, 0.15) is 11.4 Å². The Morgan fingerprint density at radius 1 is 0.972 bits per heavy atom. The number of ether oxygens (including phenoxy) is 1. The maximum atomic E-state index is 13.1. The van der Waals surface area contributed by atoms with Gasteiger partial charge in [-0.1, -0.05) is 76.9 Å². The van der Waals surface area contributed by atoms with E-state index in [1.165, 1.54) is 4.90 Å². The van der Waals surface area contributed by atoms with Gasteiger partial charge in [0.05, 0.1) is 23.7 Å². The minimum atomic E-state index is -0.873. The smallest absolute Gasteiger partial charge is 0.419 e. The van der Waals surface area contributed by atoms with E-state index in [1.54, 1.807) is 44.2 Å². The molecule has 36 heavy (non-hydrogen) atoms. The zero-order valence-electron chi connectivity index (χ0n) is 19.5. The third-order valence-electron chi connectivity index (χ3n) is 5.46. The lowest BCUT2D eigenvalue weighted by atomic mass is 10.0. The van der Waals surface area contributed by atoms with Crippen molar-refractivity contribution in [3.8, 4) is 22.4 Å². The van der Waals surface area contributed by atoms with Crippen molar-refractivity contribution in [2.75, 3.05) is 11.5 Å². The van der Waals surface area contributed by atoms with Crippen molar-refractivity contribution >= 4 is 46.6 Å². The van der Waals surface area contributed by atoms with Crippen LogP contribution in [0.4, 0.5) is 16.2 Å². The van der Waals surface area contributed by atoms with Gasteiger partial charge in [-0.05, 0) is 48.7 Å². The molecule has 0 saturated carbocycles. The Labute approximate surface area is 217 Å². The Hall–Kier alpha value is -3.81. The van der Waals surface area contributed by atoms with Crippen molar-refractivity contribution < 1.29 is 24.0 Å². The van der Waals surface area contributed by atoms with Gasteiger partial charge in [0.15, 0.2) is 5.76 Å². The summed E-state index contributed by atoms with van der Waals surface area (Å²) in [5.41, 5.74) is 4.54. The summed E-state index contributed by atoms with van der Waals surface area (Å²) >= 11 is 12.5. The first-order valence-corrected chi connectivity index (χ1v) is 11.8. The standard InChI is InChI=1S/C27H22Cl2N2O5/c1-3-35-27(34)31(23-13-12-21(28)15-22(23)29)26-16(2)36-30-25(26)20-10-8-19(9-11-20)18-6-4-17(5-7-18)14-24(32)33/h4-13,15H,3,14H2,1-2H3,(H,32,33). The zero-order valence-corrected chi connectivity index (χ0v) is 21.0. The normalized spacial score (nSPS) is 10.8. The molecule has 1 aromatic heterocycles. The van der Waals surface area contributed by atoms with Gasteiger partial charge in [0.2, 0.25) is 0 Å². The number of aromatic nitrogens is 1. The molecule has 0 aliphatic rings. The van der Waals surface area contributed by atoms with E-state index < -0.39 is 12.1 Å². The summed E-state index contributed by atoms with van der Waals surface area (Å²) in [4.78, 5) is 25.3. The molecule has 9 heteroatoms. The lowest BCUT2D eigenvalue weighted by Gasteiger charge is -2.23. The molecule has 0 spiro atoms. The summed E-state index contributed by atoms with van der Waals surface area (Å²) in [6, 6.07) is 19.7. The van der Waals surface area contributed by atoms with Crippen LogP contribution in [0, 0.1) is 6.92 Å². The summed E-state index contributed by atoms with van der Waals surface area (Å²) in [5, 5.41) is 13.9. The van der Waals surface area contributed by atoms with Crippen LogP contribution >= 0.6 is 23.2 Å². The van der Waals surface area contributed by atoms with Gasteiger partial charge in [-0.15, -0.1) is 0 Å². The number of aliphatic carboxylic acids is 1. The van der Waals surface area contributed by atoms with E-state index >= 15 is 0 Å². The van der Waals surface area contributed by atoms with Crippen molar-refractivity contribution in [1.29, 1.82) is 0 Å². The number of carbonyl (C=O) groups is 2. The quantitative estimate of drug-likeness (QED) is 0.268. The van der Waals surface area contributed by atoms with E-state index in [1.807, 2.05) is 36.4 Å². The average molecular weight is 525 g/mol. The number of halogens is 2. The Morgan fingerprint density at radius 2 is 1.58 bits per heavy atom. The molecule has 4 aromatic rings. The van der Waals surface area contributed by atoms with E-state index in [2.05, 4.69) is 5.16 Å². The van der Waals surface area contributed by atoms with Crippen LogP contribution < -0.4 is 4.90 Å². The molecule has 0 bridgehead atoms.